The molecule has 2 rings (SSSR count). The van der Waals surface area contributed by atoms with E-state index in [0.717, 1.165) is 31.7 Å². The largest absolute Gasteiger partial charge is 0.385 e. The van der Waals surface area contributed by atoms with Crippen LogP contribution in [0.2, 0.25) is 0 Å². The number of hydrogen-bond donors (Lipinski definition) is 1. The van der Waals surface area contributed by atoms with Crippen molar-refractivity contribution in [3.63, 3.8) is 0 Å². The van der Waals surface area contributed by atoms with Crippen LogP contribution in [0.5, 0.6) is 0 Å². The van der Waals surface area contributed by atoms with Crippen molar-refractivity contribution >= 4 is 5.69 Å². The van der Waals surface area contributed by atoms with E-state index in [1.807, 2.05) is 12.3 Å². The normalized spacial score (nSPS) is 17.0. The maximum atomic E-state index is 4.51. The molecule has 1 saturated carbocycles. The number of nitrogens with zero attached hydrogens (tertiary/aromatic N) is 3. The molecule has 1 fully saturated rings. The van der Waals surface area contributed by atoms with Gasteiger partial charge in [-0.25, -0.2) is 0 Å². The topological polar surface area (TPSA) is 31.4 Å². The quantitative estimate of drug-likeness (QED) is 0.798. The zero-order valence-corrected chi connectivity index (χ0v) is 14.0. The van der Waals surface area contributed by atoms with Crippen LogP contribution in [-0.2, 0) is 6.54 Å². The molecule has 4 heteroatoms. The van der Waals surface area contributed by atoms with Gasteiger partial charge in [-0.2, -0.15) is 0 Å². The molecule has 0 amide bonds. The van der Waals surface area contributed by atoms with Gasteiger partial charge in [-0.15, -0.1) is 0 Å². The molecule has 0 saturated heterocycles. The molecule has 1 aliphatic carbocycles. The lowest BCUT2D eigenvalue weighted by Gasteiger charge is -2.49. The van der Waals surface area contributed by atoms with Crippen LogP contribution in [0, 0.1) is 0 Å². The number of pyridine rings is 1. The summed E-state index contributed by atoms with van der Waals surface area (Å²) < 4.78 is 0. The molecule has 0 aromatic carbocycles. The van der Waals surface area contributed by atoms with Gasteiger partial charge in [0.2, 0.25) is 0 Å². The summed E-state index contributed by atoms with van der Waals surface area (Å²) in [4.78, 5) is 9.32. The van der Waals surface area contributed by atoms with Crippen LogP contribution in [0.15, 0.2) is 18.3 Å². The second-order valence-electron chi connectivity index (χ2n) is 6.61. The first-order valence-corrected chi connectivity index (χ1v) is 8.10. The molecular weight excluding hydrogens is 260 g/mol. The van der Waals surface area contributed by atoms with E-state index in [9.17, 15) is 0 Å². The van der Waals surface area contributed by atoms with Crippen molar-refractivity contribution in [2.24, 2.45) is 0 Å². The van der Waals surface area contributed by atoms with Gasteiger partial charge < -0.3 is 10.2 Å². The highest BCUT2D eigenvalue weighted by molar-refractivity contribution is 5.43. The molecule has 0 radical (unpaired) electrons. The van der Waals surface area contributed by atoms with Gasteiger partial charge in [0.05, 0.1) is 5.69 Å². The minimum atomic E-state index is 0.382. The zero-order valence-electron chi connectivity index (χ0n) is 14.0. The van der Waals surface area contributed by atoms with Gasteiger partial charge in [0.25, 0.3) is 0 Å². The molecule has 0 spiro atoms. The predicted octanol–water partition coefficient (Wildman–Crippen LogP) is 2.82. The van der Waals surface area contributed by atoms with Gasteiger partial charge in [0, 0.05) is 37.1 Å². The van der Waals surface area contributed by atoms with E-state index in [4.69, 9.17) is 0 Å². The van der Waals surface area contributed by atoms with E-state index in [-0.39, 0.29) is 0 Å². The van der Waals surface area contributed by atoms with Crippen LogP contribution in [0.3, 0.4) is 0 Å². The lowest BCUT2D eigenvalue weighted by molar-refractivity contribution is 0.0256. The maximum absolute atomic E-state index is 4.51. The standard InChI is InChI=1S/C17H30N4/c1-5-10-18-15-7-11-19-16(12-15)13-21(4)14-17(20(2)3)8-6-9-17/h7,11-12H,5-6,8-10,13-14H2,1-4H3,(H,18,19). The lowest BCUT2D eigenvalue weighted by atomic mass is 9.75. The van der Waals surface area contributed by atoms with Crippen LogP contribution in [0.25, 0.3) is 0 Å². The molecule has 1 aromatic heterocycles. The van der Waals surface area contributed by atoms with Gasteiger partial charge >= 0.3 is 0 Å². The van der Waals surface area contributed by atoms with Crippen molar-refractivity contribution < 1.29 is 0 Å². The number of anilines is 1. The number of likely N-dealkylation sites (N-methyl/N-ethyl adjacent to an activating group) is 2. The number of hydrogen-bond acceptors (Lipinski definition) is 4. The highest BCUT2D eigenvalue weighted by Crippen LogP contribution is 2.36. The molecule has 1 N–H and O–H groups in total. The molecular formula is C17H30N4. The molecule has 0 bridgehead atoms. The Morgan fingerprint density at radius 3 is 2.62 bits per heavy atom. The summed E-state index contributed by atoms with van der Waals surface area (Å²) >= 11 is 0. The average molecular weight is 290 g/mol. The Bertz CT molecular complexity index is 440. The fourth-order valence-corrected chi connectivity index (χ4v) is 3.11. The van der Waals surface area contributed by atoms with Gasteiger partial charge in [-0.1, -0.05) is 6.92 Å². The molecule has 0 atom stereocenters. The third-order valence-electron chi connectivity index (χ3n) is 4.62. The smallest absolute Gasteiger partial charge is 0.0564 e. The second-order valence-corrected chi connectivity index (χ2v) is 6.61. The molecule has 118 valence electrons. The van der Waals surface area contributed by atoms with E-state index >= 15 is 0 Å². The third kappa shape index (κ3) is 4.17. The minimum absolute atomic E-state index is 0.382. The van der Waals surface area contributed by atoms with Crippen LogP contribution in [0.4, 0.5) is 5.69 Å². The summed E-state index contributed by atoms with van der Waals surface area (Å²) in [5.74, 6) is 0. The lowest BCUT2D eigenvalue weighted by Crippen LogP contribution is -2.56. The van der Waals surface area contributed by atoms with Crippen LogP contribution in [-0.4, -0.2) is 54.6 Å². The fourth-order valence-electron chi connectivity index (χ4n) is 3.11. The summed E-state index contributed by atoms with van der Waals surface area (Å²) in [5.41, 5.74) is 2.71. The molecule has 1 aliphatic rings. The van der Waals surface area contributed by atoms with Crippen molar-refractivity contribution in [2.75, 3.05) is 39.5 Å². The second kappa shape index (κ2) is 7.23. The summed E-state index contributed by atoms with van der Waals surface area (Å²) in [6.07, 6.45) is 7.04. The SMILES string of the molecule is CCCNc1ccnc(CN(C)CC2(N(C)C)CCC2)c1. The molecule has 1 heterocycles. The number of rotatable bonds is 8. The van der Waals surface area contributed by atoms with Crippen molar-refractivity contribution in [1.82, 2.24) is 14.8 Å². The molecule has 0 unspecified atom stereocenters. The fraction of sp³-hybridized carbons (Fsp3) is 0.706. The number of nitrogens with one attached hydrogen (secondary N) is 1. The van der Waals surface area contributed by atoms with E-state index in [0.29, 0.717) is 5.54 Å². The Labute approximate surface area is 129 Å². The van der Waals surface area contributed by atoms with Crippen LogP contribution < -0.4 is 5.32 Å². The molecule has 0 aliphatic heterocycles. The van der Waals surface area contributed by atoms with Crippen molar-refractivity contribution in [1.29, 1.82) is 0 Å². The summed E-state index contributed by atoms with van der Waals surface area (Å²) in [6, 6.07) is 4.22. The zero-order chi connectivity index (χ0) is 15.3. The Balaban J connectivity index is 1.91. The van der Waals surface area contributed by atoms with E-state index in [2.05, 4.69) is 54.2 Å². The van der Waals surface area contributed by atoms with E-state index in [1.165, 1.54) is 24.9 Å². The highest BCUT2D eigenvalue weighted by Gasteiger charge is 2.39. The van der Waals surface area contributed by atoms with Gasteiger partial charge in [0.1, 0.15) is 0 Å². The molecule has 1 aromatic rings. The summed E-state index contributed by atoms with van der Waals surface area (Å²) in [7, 11) is 6.62. The first kappa shape index (κ1) is 16.2. The monoisotopic (exact) mass is 290 g/mol. The van der Waals surface area contributed by atoms with Crippen molar-refractivity contribution in [3.8, 4) is 0 Å². The van der Waals surface area contributed by atoms with Crippen LogP contribution >= 0.6 is 0 Å². The Kier molecular flexibility index (Phi) is 5.59. The first-order valence-electron chi connectivity index (χ1n) is 8.10. The number of aromatic nitrogens is 1. The average Bonchev–Trinajstić information content (AvgIpc) is 2.40. The third-order valence-corrected chi connectivity index (χ3v) is 4.62. The van der Waals surface area contributed by atoms with Crippen molar-refractivity contribution in [3.05, 3.63) is 24.0 Å². The van der Waals surface area contributed by atoms with Gasteiger partial charge in [-0.3, -0.25) is 9.88 Å². The van der Waals surface area contributed by atoms with E-state index < -0.39 is 0 Å². The minimum Gasteiger partial charge on any atom is -0.385 e. The summed E-state index contributed by atoms with van der Waals surface area (Å²) in [5, 5.41) is 3.43. The van der Waals surface area contributed by atoms with Gasteiger partial charge in [0.15, 0.2) is 0 Å². The van der Waals surface area contributed by atoms with Crippen LogP contribution in [0.1, 0.15) is 38.3 Å². The predicted molar refractivity (Wildman–Crippen MR) is 89.6 cm³/mol. The maximum Gasteiger partial charge on any atom is 0.0564 e. The molecule has 21 heavy (non-hydrogen) atoms. The highest BCUT2D eigenvalue weighted by atomic mass is 15.2. The Morgan fingerprint density at radius 2 is 2.05 bits per heavy atom. The van der Waals surface area contributed by atoms with Crippen molar-refractivity contribution in [2.45, 2.75) is 44.7 Å². The van der Waals surface area contributed by atoms with Gasteiger partial charge in [-0.05, 0) is 59.0 Å². The Hall–Kier alpha value is -1.13. The van der Waals surface area contributed by atoms with E-state index in [1.54, 1.807) is 0 Å². The first-order chi connectivity index (χ1) is 10.1. The molecule has 4 nitrogen and oxygen atoms in total. The Morgan fingerprint density at radius 1 is 1.29 bits per heavy atom. The summed E-state index contributed by atoms with van der Waals surface area (Å²) in [6.45, 7) is 5.23.